The van der Waals surface area contributed by atoms with Gasteiger partial charge in [0.25, 0.3) is 0 Å². The fourth-order valence-electron chi connectivity index (χ4n) is 4.18. The first kappa shape index (κ1) is 24.2. The van der Waals surface area contributed by atoms with Gasteiger partial charge in [0, 0.05) is 22.6 Å². The number of aryl methyl sites for hydroxylation is 2. The van der Waals surface area contributed by atoms with Crippen molar-refractivity contribution >= 4 is 22.4 Å². The molecule has 1 heterocycles. The minimum absolute atomic E-state index is 0.0241. The van der Waals surface area contributed by atoms with Crippen molar-refractivity contribution in [3.05, 3.63) is 82.1 Å². The molecule has 0 saturated carbocycles. The third kappa shape index (κ3) is 6.54. The summed E-state index contributed by atoms with van der Waals surface area (Å²) in [6.45, 7) is 3.97. The molecule has 33 heavy (non-hydrogen) atoms. The molecule has 0 unspecified atom stereocenters. The monoisotopic (exact) mass is 470 g/mol. The lowest BCUT2D eigenvalue weighted by Gasteiger charge is -2.29. The van der Waals surface area contributed by atoms with E-state index in [1.165, 1.54) is 19.3 Å². The van der Waals surface area contributed by atoms with Crippen LogP contribution in [-0.2, 0) is 27.1 Å². The smallest absolute Gasteiger partial charge is 0.184 e. The molecule has 0 atom stereocenters. The Morgan fingerprint density at radius 3 is 2.48 bits per heavy atom. The number of ether oxygens (including phenoxy) is 3. The molecule has 4 rings (SSSR count). The minimum atomic E-state index is -0.443. The Morgan fingerprint density at radius 2 is 1.73 bits per heavy atom. The Bertz CT molecular complexity index is 1030. The average molecular weight is 471 g/mol. The van der Waals surface area contributed by atoms with Crippen molar-refractivity contribution in [2.75, 3.05) is 19.8 Å². The van der Waals surface area contributed by atoms with Crippen molar-refractivity contribution in [2.45, 2.75) is 57.8 Å². The van der Waals surface area contributed by atoms with Crippen LogP contribution in [0, 0.1) is 5.82 Å². The average Bonchev–Trinajstić information content (AvgIpc) is 2.85. The zero-order valence-electron chi connectivity index (χ0n) is 19.2. The van der Waals surface area contributed by atoms with E-state index >= 15 is 4.39 Å². The number of halogens is 2. The molecule has 0 aliphatic carbocycles. The van der Waals surface area contributed by atoms with Crippen molar-refractivity contribution in [1.29, 1.82) is 0 Å². The van der Waals surface area contributed by atoms with Crippen molar-refractivity contribution in [2.24, 2.45) is 0 Å². The SMILES string of the molecule is CCCCCCOC1COC(c2ccc3c(F)c(CCc4ccc(Cl)cc4)ccc3c2)OC1. The molecule has 1 aliphatic rings. The van der Waals surface area contributed by atoms with Gasteiger partial charge in [-0.15, -0.1) is 0 Å². The number of benzene rings is 3. The molecule has 0 bridgehead atoms. The van der Waals surface area contributed by atoms with Crippen LogP contribution in [0.25, 0.3) is 10.8 Å². The summed E-state index contributed by atoms with van der Waals surface area (Å²) in [6, 6.07) is 17.2. The summed E-state index contributed by atoms with van der Waals surface area (Å²) in [4.78, 5) is 0. The van der Waals surface area contributed by atoms with E-state index in [2.05, 4.69) is 6.92 Å². The van der Waals surface area contributed by atoms with Gasteiger partial charge in [0.15, 0.2) is 6.29 Å². The van der Waals surface area contributed by atoms with Crippen LogP contribution < -0.4 is 0 Å². The molecule has 5 heteroatoms. The zero-order chi connectivity index (χ0) is 23.0. The first-order valence-corrected chi connectivity index (χ1v) is 12.3. The van der Waals surface area contributed by atoms with Crippen molar-refractivity contribution in [3.8, 4) is 0 Å². The minimum Gasteiger partial charge on any atom is -0.373 e. The van der Waals surface area contributed by atoms with Gasteiger partial charge in [-0.2, -0.15) is 0 Å². The van der Waals surface area contributed by atoms with Crippen LogP contribution in [0.4, 0.5) is 4.39 Å². The van der Waals surface area contributed by atoms with Gasteiger partial charge in [0.1, 0.15) is 11.9 Å². The van der Waals surface area contributed by atoms with E-state index < -0.39 is 6.29 Å². The topological polar surface area (TPSA) is 27.7 Å². The molecule has 3 nitrogen and oxygen atoms in total. The molecule has 176 valence electrons. The molecule has 0 spiro atoms. The molecule has 3 aromatic carbocycles. The molecular weight excluding hydrogens is 439 g/mol. The molecule has 0 amide bonds. The van der Waals surface area contributed by atoms with Crippen molar-refractivity contribution in [1.82, 2.24) is 0 Å². The summed E-state index contributed by atoms with van der Waals surface area (Å²) >= 11 is 5.95. The first-order valence-electron chi connectivity index (χ1n) is 11.9. The van der Waals surface area contributed by atoms with Gasteiger partial charge < -0.3 is 14.2 Å². The number of hydrogen-bond donors (Lipinski definition) is 0. The lowest BCUT2D eigenvalue weighted by Crippen LogP contribution is -2.33. The van der Waals surface area contributed by atoms with Crippen LogP contribution in [0.15, 0.2) is 54.6 Å². The van der Waals surface area contributed by atoms with Crippen LogP contribution in [-0.4, -0.2) is 25.9 Å². The maximum absolute atomic E-state index is 15.2. The fourth-order valence-corrected chi connectivity index (χ4v) is 4.30. The van der Waals surface area contributed by atoms with E-state index in [0.717, 1.165) is 36.0 Å². The molecule has 3 aromatic rings. The van der Waals surface area contributed by atoms with Crippen molar-refractivity contribution < 1.29 is 18.6 Å². The van der Waals surface area contributed by atoms with Crippen molar-refractivity contribution in [3.63, 3.8) is 0 Å². The van der Waals surface area contributed by atoms with Crippen LogP contribution in [0.1, 0.15) is 55.6 Å². The highest BCUT2D eigenvalue weighted by atomic mass is 35.5. The van der Waals surface area contributed by atoms with Crippen LogP contribution in [0.3, 0.4) is 0 Å². The van der Waals surface area contributed by atoms with Gasteiger partial charge >= 0.3 is 0 Å². The Morgan fingerprint density at radius 1 is 0.939 bits per heavy atom. The predicted molar refractivity (Wildman–Crippen MR) is 131 cm³/mol. The zero-order valence-corrected chi connectivity index (χ0v) is 20.0. The van der Waals surface area contributed by atoms with E-state index in [9.17, 15) is 0 Å². The summed E-state index contributed by atoms with van der Waals surface area (Å²) in [5.74, 6) is -0.157. The van der Waals surface area contributed by atoms with E-state index in [0.29, 0.717) is 35.6 Å². The second-order valence-corrected chi connectivity index (χ2v) is 9.13. The molecular formula is C28H32ClFO3. The molecule has 1 fully saturated rings. The summed E-state index contributed by atoms with van der Waals surface area (Å²) in [6.07, 6.45) is 5.68. The van der Waals surface area contributed by atoms with Crippen LogP contribution >= 0.6 is 11.6 Å². The van der Waals surface area contributed by atoms with Crippen LogP contribution in [0.5, 0.6) is 0 Å². The largest absolute Gasteiger partial charge is 0.373 e. The summed E-state index contributed by atoms with van der Waals surface area (Å²) < 4.78 is 32.8. The van der Waals surface area contributed by atoms with E-state index in [1.54, 1.807) is 0 Å². The highest BCUT2D eigenvalue weighted by Gasteiger charge is 2.24. The van der Waals surface area contributed by atoms with E-state index in [1.807, 2.05) is 54.6 Å². The third-order valence-corrected chi connectivity index (χ3v) is 6.40. The normalized spacial score (nSPS) is 18.6. The van der Waals surface area contributed by atoms with Gasteiger partial charge in [0.2, 0.25) is 0 Å². The summed E-state index contributed by atoms with van der Waals surface area (Å²) in [5, 5.41) is 2.18. The Balaban J connectivity index is 1.34. The van der Waals surface area contributed by atoms with Crippen LogP contribution in [0.2, 0.25) is 5.02 Å². The number of hydrogen-bond acceptors (Lipinski definition) is 3. The second-order valence-electron chi connectivity index (χ2n) is 8.70. The maximum atomic E-state index is 15.2. The lowest BCUT2D eigenvalue weighted by atomic mass is 9.99. The van der Waals surface area contributed by atoms with E-state index in [4.69, 9.17) is 25.8 Å². The first-order chi connectivity index (χ1) is 16.1. The molecule has 1 saturated heterocycles. The summed E-state index contributed by atoms with van der Waals surface area (Å²) in [7, 11) is 0. The maximum Gasteiger partial charge on any atom is 0.184 e. The number of rotatable bonds is 10. The number of fused-ring (bicyclic) bond motifs is 1. The fraction of sp³-hybridized carbons (Fsp3) is 0.429. The van der Waals surface area contributed by atoms with Gasteiger partial charge in [-0.25, -0.2) is 4.39 Å². The standard InChI is InChI=1S/C28H32ClFO3/c1-2-3-4-5-16-31-25-18-32-28(33-19-25)23-12-15-26-22(17-23)11-10-21(27(26)30)9-6-20-7-13-24(29)14-8-20/h7-8,10-15,17,25,28H,2-6,9,16,18-19H2,1H3. The second kappa shape index (κ2) is 11.9. The summed E-state index contributed by atoms with van der Waals surface area (Å²) in [5.41, 5.74) is 2.76. The third-order valence-electron chi connectivity index (χ3n) is 6.14. The quantitative estimate of drug-likeness (QED) is 0.288. The van der Waals surface area contributed by atoms with Gasteiger partial charge in [-0.05, 0) is 54.0 Å². The molecule has 0 N–H and O–H groups in total. The molecule has 0 aromatic heterocycles. The van der Waals surface area contributed by atoms with Gasteiger partial charge in [-0.3, -0.25) is 0 Å². The molecule has 1 aliphatic heterocycles. The Kier molecular flexibility index (Phi) is 8.74. The van der Waals surface area contributed by atoms with Gasteiger partial charge in [-0.1, -0.05) is 74.2 Å². The van der Waals surface area contributed by atoms with E-state index in [-0.39, 0.29) is 11.9 Å². The van der Waals surface area contributed by atoms with Gasteiger partial charge in [0.05, 0.1) is 13.2 Å². The number of unbranched alkanes of at least 4 members (excludes halogenated alkanes) is 3. The predicted octanol–water partition coefficient (Wildman–Crippen LogP) is 7.43. The Hall–Kier alpha value is -1.98. The molecule has 0 radical (unpaired) electrons. The lowest BCUT2D eigenvalue weighted by molar-refractivity contribution is -0.230. The highest BCUT2D eigenvalue weighted by molar-refractivity contribution is 6.30. The highest BCUT2D eigenvalue weighted by Crippen LogP contribution is 2.29. The Labute approximate surface area is 200 Å².